The van der Waals surface area contributed by atoms with Crippen LogP contribution in [0.25, 0.3) is 12.2 Å². The summed E-state index contributed by atoms with van der Waals surface area (Å²) >= 11 is 1.25. The number of carbonyl (C=O) groups excluding carboxylic acids is 2. The van der Waals surface area contributed by atoms with E-state index in [9.17, 15) is 14.4 Å². The van der Waals surface area contributed by atoms with E-state index in [1.807, 2.05) is 42.5 Å². The Kier molecular flexibility index (Phi) is 7.22. The molecule has 0 fully saturated rings. The Morgan fingerprint density at radius 2 is 1.80 bits per heavy atom. The third-order valence-corrected chi connectivity index (χ3v) is 6.50. The number of hydrogen-bond acceptors (Lipinski definition) is 7. The average Bonchev–Trinajstić information content (AvgIpc) is 3.18. The molecule has 1 atom stereocenters. The second kappa shape index (κ2) is 10.5. The molecule has 1 aliphatic rings. The Morgan fingerprint density at radius 1 is 1.09 bits per heavy atom. The van der Waals surface area contributed by atoms with Gasteiger partial charge in [-0.1, -0.05) is 66.0 Å². The summed E-state index contributed by atoms with van der Waals surface area (Å²) in [6, 6.07) is 15.7. The Bertz CT molecular complexity index is 1500. The molecule has 1 aliphatic heterocycles. The van der Waals surface area contributed by atoms with Gasteiger partial charge in [0.2, 0.25) is 0 Å². The number of methoxy groups -OCH3 is 1. The molecule has 0 amide bonds. The van der Waals surface area contributed by atoms with E-state index in [1.165, 1.54) is 23.0 Å². The van der Waals surface area contributed by atoms with Gasteiger partial charge in [0.15, 0.2) is 4.80 Å². The summed E-state index contributed by atoms with van der Waals surface area (Å²) in [4.78, 5) is 43.3. The number of nitrogens with zero attached hydrogens (tertiary/aromatic N) is 2. The predicted octanol–water partition coefficient (Wildman–Crippen LogP) is 3.25. The highest BCUT2D eigenvalue weighted by atomic mass is 32.1. The largest absolute Gasteiger partial charge is 0.465 e. The van der Waals surface area contributed by atoms with E-state index in [4.69, 9.17) is 9.47 Å². The highest BCUT2D eigenvalue weighted by Crippen LogP contribution is 2.30. The minimum Gasteiger partial charge on any atom is -0.465 e. The van der Waals surface area contributed by atoms with Gasteiger partial charge < -0.3 is 9.47 Å². The van der Waals surface area contributed by atoms with Crippen molar-refractivity contribution in [1.82, 2.24) is 4.57 Å². The topological polar surface area (TPSA) is 87.0 Å². The summed E-state index contributed by atoms with van der Waals surface area (Å²) < 4.78 is 12.1. The fraction of sp³-hybridized carbons (Fsp3) is 0.185. The number of hydrogen-bond donors (Lipinski definition) is 0. The SMILES string of the molecule is CCOC(=O)C1=C(C)N=c2sc(=CC=Cc3ccccc3)c(=O)n2C1c1ccc(C(=O)OC)cc1. The first-order valence-corrected chi connectivity index (χ1v) is 11.9. The molecule has 4 rings (SSSR count). The molecule has 2 aromatic carbocycles. The molecular formula is C27H24N2O5S. The summed E-state index contributed by atoms with van der Waals surface area (Å²) in [5, 5.41) is 0. The van der Waals surface area contributed by atoms with Crippen LogP contribution < -0.4 is 14.9 Å². The Labute approximate surface area is 206 Å². The Morgan fingerprint density at radius 3 is 2.46 bits per heavy atom. The Balaban J connectivity index is 1.84. The zero-order chi connectivity index (χ0) is 24.9. The number of benzene rings is 2. The van der Waals surface area contributed by atoms with E-state index in [2.05, 4.69) is 4.99 Å². The monoisotopic (exact) mass is 488 g/mol. The molecule has 1 aromatic heterocycles. The standard InChI is InChI=1S/C27H24N2O5S/c1-4-34-26(32)22-17(2)28-27-29(23(22)19-13-15-20(16-14-19)25(31)33-3)24(30)21(35-27)12-8-11-18-9-6-5-7-10-18/h5-16,23H,4H2,1-3H3. The van der Waals surface area contributed by atoms with Crippen molar-refractivity contribution in [2.24, 2.45) is 4.99 Å². The summed E-state index contributed by atoms with van der Waals surface area (Å²) in [5.41, 5.74) is 2.55. The van der Waals surface area contributed by atoms with E-state index in [1.54, 1.807) is 44.2 Å². The van der Waals surface area contributed by atoms with E-state index in [0.29, 0.717) is 26.2 Å². The molecule has 0 N–H and O–H groups in total. The molecule has 0 spiro atoms. The predicted molar refractivity (Wildman–Crippen MR) is 135 cm³/mol. The quantitative estimate of drug-likeness (QED) is 0.497. The van der Waals surface area contributed by atoms with Crippen molar-refractivity contribution in [1.29, 1.82) is 0 Å². The Hall–Kier alpha value is -4.04. The van der Waals surface area contributed by atoms with Gasteiger partial charge in [-0.3, -0.25) is 9.36 Å². The van der Waals surface area contributed by atoms with Gasteiger partial charge in [-0.25, -0.2) is 14.6 Å². The normalized spacial score (nSPS) is 15.6. The highest BCUT2D eigenvalue weighted by molar-refractivity contribution is 7.07. The van der Waals surface area contributed by atoms with Crippen molar-refractivity contribution in [3.05, 3.63) is 108 Å². The van der Waals surface area contributed by atoms with Crippen LogP contribution in [0.3, 0.4) is 0 Å². The molecule has 0 aliphatic carbocycles. The molecule has 3 aromatic rings. The summed E-state index contributed by atoms with van der Waals surface area (Å²) in [7, 11) is 1.31. The van der Waals surface area contributed by atoms with Crippen LogP contribution in [0.1, 0.15) is 41.4 Å². The highest BCUT2D eigenvalue weighted by Gasteiger charge is 2.33. The van der Waals surface area contributed by atoms with Crippen LogP contribution in [0.15, 0.2) is 81.7 Å². The number of rotatable bonds is 6. The van der Waals surface area contributed by atoms with E-state index >= 15 is 0 Å². The van der Waals surface area contributed by atoms with Crippen molar-refractivity contribution < 1.29 is 19.1 Å². The van der Waals surface area contributed by atoms with Crippen molar-refractivity contribution in [2.45, 2.75) is 19.9 Å². The first kappa shape index (κ1) is 24.1. The number of thiazole rings is 1. The number of aromatic nitrogens is 1. The molecule has 35 heavy (non-hydrogen) atoms. The summed E-state index contributed by atoms with van der Waals surface area (Å²) in [6.07, 6.45) is 5.48. The molecule has 1 unspecified atom stereocenters. The van der Waals surface area contributed by atoms with Gasteiger partial charge in [0, 0.05) is 0 Å². The van der Waals surface area contributed by atoms with E-state index < -0.39 is 18.0 Å². The van der Waals surface area contributed by atoms with Gasteiger partial charge in [0.05, 0.1) is 41.1 Å². The van der Waals surface area contributed by atoms with Crippen molar-refractivity contribution in [2.75, 3.05) is 13.7 Å². The third-order valence-electron chi connectivity index (χ3n) is 5.50. The minimum atomic E-state index is -0.739. The molecule has 0 bridgehead atoms. The van der Waals surface area contributed by atoms with Gasteiger partial charge in [-0.15, -0.1) is 0 Å². The van der Waals surface area contributed by atoms with Crippen LogP contribution in [0.2, 0.25) is 0 Å². The molecule has 0 saturated heterocycles. The van der Waals surface area contributed by atoms with Crippen LogP contribution in [0.5, 0.6) is 0 Å². The van der Waals surface area contributed by atoms with Crippen LogP contribution in [-0.2, 0) is 14.3 Å². The van der Waals surface area contributed by atoms with Gasteiger partial charge >= 0.3 is 11.9 Å². The fourth-order valence-electron chi connectivity index (χ4n) is 3.85. The first-order valence-electron chi connectivity index (χ1n) is 11.0. The lowest BCUT2D eigenvalue weighted by atomic mass is 9.95. The molecule has 178 valence electrons. The maximum absolute atomic E-state index is 13.5. The lowest BCUT2D eigenvalue weighted by Gasteiger charge is -2.24. The third kappa shape index (κ3) is 4.93. The lowest BCUT2D eigenvalue weighted by Crippen LogP contribution is -2.39. The lowest BCUT2D eigenvalue weighted by molar-refractivity contribution is -0.139. The average molecular weight is 489 g/mol. The smallest absolute Gasteiger partial charge is 0.338 e. The van der Waals surface area contributed by atoms with E-state index in [0.717, 1.165) is 5.56 Å². The van der Waals surface area contributed by atoms with E-state index in [-0.39, 0.29) is 17.7 Å². The van der Waals surface area contributed by atoms with Crippen molar-refractivity contribution in [3.63, 3.8) is 0 Å². The first-order chi connectivity index (χ1) is 16.9. The fourth-order valence-corrected chi connectivity index (χ4v) is 4.85. The maximum atomic E-state index is 13.5. The zero-order valence-corrected chi connectivity index (χ0v) is 20.4. The van der Waals surface area contributed by atoms with Crippen LogP contribution >= 0.6 is 11.3 Å². The van der Waals surface area contributed by atoms with Gasteiger partial charge in [-0.05, 0) is 43.2 Å². The number of esters is 2. The molecular weight excluding hydrogens is 464 g/mol. The van der Waals surface area contributed by atoms with Crippen molar-refractivity contribution >= 4 is 35.4 Å². The maximum Gasteiger partial charge on any atom is 0.338 e. The molecule has 7 nitrogen and oxygen atoms in total. The number of fused-ring (bicyclic) bond motifs is 1. The second-order valence-corrected chi connectivity index (χ2v) is 8.72. The number of ether oxygens (including phenoxy) is 2. The van der Waals surface area contributed by atoms with Gasteiger partial charge in [0.25, 0.3) is 5.56 Å². The second-order valence-electron chi connectivity index (χ2n) is 7.71. The zero-order valence-electron chi connectivity index (χ0n) is 19.6. The molecule has 0 saturated carbocycles. The van der Waals surface area contributed by atoms with Crippen LogP contribution in [-0.4, -0.2) is 30.2 Å². The summed E-state index contributed by atoms with van der Waals surface area (Å²) in [5.74, 6) is -1.00. The van der Waals surface area contributed by atoms with Crippen LogP contribution in [0.4, 0.5) is 0 Å². The molecule has 2 heterocycles. The molecule has 0 radical (unpaired) electrons. The van der Waals surface area contributed by atoms with Crippen molar-refractivity contribution in [3.8, 4) is 0 Å². The number of carbonyl (C=O) groups is 2. The minimum absolute atomic E-state index is 0.193. The van der Waals surface area contributed by atoms with Gasteiger partial charge in [-0.2, -0.15) is 0 Å². The van der Waals surface area contributed by atoms with Gasteiger partial charge in [0.1, 0.15) is 0 Å². The van der Waals surface area contributed by atoms with Crippen LogP contribution in [0, 0.1) is 0 Å². The number of allylic oxidation sites excluding steroid dienone is 2. The molecule has 8 heteroatoms. The summed E-state index contributed by atoms with van der Waals surface area (Å²) in [6.45, 7) is 3.65.